The van der Waals surface area contributed by atoms with Crippen LogP contribution in [-0.2, 0) is 0 Å². The summed E-state index contributed by atoms with van der Waals surface area (Å²) in [7, 11) is 5.67. The number of nitrogens with zero attached hydrogens (tertiary/aromatic N) is 2. The molecule has 6 nitrogen and oxygen atoms in total. The van der Waals surface area contributed by atoms with Gasteiger partial charge in [0.05, 0.1) is 13.7 Å². The Hall–Kier alpha value is -1.22. The fourth-order valence-corrected chi connectivity index (χ4v) is 3.29. The van der Waals surface area contributed by atoms with Crippen molar-refractivity contribution in [3.63, 3.8) is 0 Å². The monoisotopic (exact) mass is 490 g/mol. The molecule has 1 aromatic carbocycles. The minimum absolute atomic E-state index is 0. The molecule has 27 heavy (non-hydrogen) atoms. The number of halogens is 1. The molecule has 2 rings (SSSR count). The van der Waals surface area contributed by atoms with Crippen LogP contribution in [0.5, 0.6) is 11.5 Å². The average molecular weight is 490 g/mol. The van der Waals surface area contributed by atoms with Crippen LogP contribution in [0, 0.1) is 0 Å². The van der Waals surface area contributed by atoms with Crippen molar-refractivity contribution in [2.24, 2.45) is 4.99 Å². The van der Waals surface area contributed by atoms with E-state index in [-0.39, 0.29) is 30.1 Å². The average Bonchev–Trinajstić information content (AvgIpc) is 3.19. The first-order valence-corrected chi connectivity index (χ1v) is 9.58. The van der Waals surface area contributed by atoms with Crippen LogP contribution in [0.15, 0.2) is 29.3 Å². The van der Waals surface area contributed by atoms with E-state index in [2.05, 4.69) is 27.6 Å². The Bertz CT molecular complexity index is 565. The van der Waals surface area contributed by atoms with Gasteiger partial charge in [0, 0.05) is 32.2 Å². The predicted molar refractivity (Wildman–Crippen MR) is 123 cm³/mol. The van der Waals surface area contributed by atoms with Crippen molar-refractivity contribution in [1.29, 1.82) is 0 Å². The van der Waals surface area contributed by atoms with Gasteiger partial charge in [0.15, 0.2) is 5.96 Å². The third kappa shape index (κ3) is 8.55. The van der Waals surface area contributed by atoms with Gasteiger partial charge in [0.25, 0.3) is 0 Å². The van der Waals surface area contributed by atoms with Gasteiger partial charge in [-0.25, -0.2) is 0 Å². The standard InChI is InChI=1S/C20H34N4O2.HI/c1-16(26-19-11-7-10-18(14-19)25-4)15-23-20(21-2)22-12-13-24(3)17-8-5-6-9-17;/h7,10-11,14,16-17H,5-6,8-9,12-13,15H2,1-4H3,(H2,21,22,23);1H. The quantitative estimate of drug-likeness (QED) is 0.317. The summed E-state index contributed by atoms with van der Waals surface area (Å²) in [5.74, 6) is 2.41. The molecule has 1 aromatic rings. The Morgan fingerprint density at radius 2 is 1.96 bits per heavy atom. The third-order valence-corrected chi connectivity index (χ3v) is 4.86. The Kier molecular flexibility index (Phi) is 11.5. The molecule has 0 saturated heterocycles. The summed E-state index contributed by atoms with van der Waals surface area (Å²) in [5.41, 5.74) is 0. The number of hydrogen-bond acceptors (Lipinski definition) is 4. The molecule has 0 radical (unpaired) electrons. The zero-order valence-electron chi connectivity index (χ0n) is 17.0. The molecule has 1 aliphatic carbocycles. The van der Waals surface area contributed by atoms with Crippen molar-refractivity contribution in [2.75, 3.05) is 40.8 Å². The summed E-state index contributed by atoms with van der Waals surface area (Å²) in [5, 5.41) is 6.71. The molecular formula is C20H35IN4O2. The van der Waals surface area contributed by atoms with Crippen LogP contribution in [0.25, 0.3) is 0 Å². The number of aliphatic imine (C=N–C) groups is 1. The number of guanidine groups is 1. The molecule has 7 heteroatoms. The van der Waals surface area contributed by atoms with Crippen molar-refractivity contribution in [3.8, 4) is 11.5 Å². The molecule has 1 fully saturated rings. The lowest BCUT2D eigenvalue weighted by Gasteiger charge is -2.24. The van der Waals surface area contributed by atoms with E-state index in [1.807, 2.05) is 31.2 Å². The normalized spacial score (nSPS) is 16.0. The van der Waals surface area contributed by atoms with Crippen LogP contribution < -0.4 is 20.1 Å². The zero-order valence-corrected chi connectivity index (χ0v) is 19.4. The van der Waals surface area contributed by atoms with E-state index in [0.717, 1.165) is 36.6 Å². The highest BCUT2D eigenvalue weighted by Crippen LogP contribution is 2.22. The van der Waals surface area contributed by atoms with Crippen LogP contribution in [0.2, 0.25) is 0 Å². The van der Waals surface area contributed by atoms with E-state index in [1.165, 1.54) is 25.7 Å². The van der Waals surface area contributed by atoms with Gasteiger partial charge < -0.3 is 25.0 Å². The summed E-state index contributed by atoms with van der Waals surface area (Å²) in [6.07, 6.45) is 5.43. The molecule has 0 aromatic heterocycles. The lowest BCUT2D eigenvalue weighted by Crippen LogP contribution is -2.44. The van der Waals surface area contributed by atoms with Crippen molar-refractivity contribution in [1.82, 2.24) is 15.5 Å². The maximum Gasteiger partial charge on any atom is 0.191 e. The second kappa shape index (κ2) is 13.0. The topological polar surface area (TPSA) is 58.1 Å². The van der Waals surface area contributed by atoms with E-state index < -0.39 is 0 Å². The number of hydrogen-bond donors (Lipinski definition) is 2. The summed E-state index contributed by atoms with van der Waals surface area (Å²) in [6.45, 7) is 4.63. The van der Waals surface area contributed by atoms with Crippen molar-refractivity contribution in [3.05, 3.63) is 24.3 Å². The number of likely N-dealkylation sites (N-methyl/N-ethyl adjacent to an activating group) is 1. The number of rotatable bonds is 9. The van der Waals surface area contributed by atoms with E-state index in [1.54, 1.807) is 14.2 Å². The second-order valence-corrected chi connectivity index (χ2v) is 6.91. The Labute approximate surface area is 181 Å². The molecule has 0 bridgehead atoms. The maximum absolute atomic E-state index is 5.93. The summed E-state index contributed by atoms with van der Waals surface area (Å²) in [4.78, 5) is 6.75. The number of methoxy groups -OCH3 is 1. The van der Waals surface area contributed by atoms with Crippen molar-refractivity contribution in [2.45, 2.75) is 44.8 Å². The van der Waals surface area contributed by atoms with E-state index in [0.29, 0.717) is 6.54 Å². The fourth-order valence-electron chi connectivity index (χ4n) is 3.29. The van der Waals surface area contributed by atoms with Crippen LogP contribution in [0.1, 0.15) is 32.6 Å². The summed E-state index contributed by atoms with van der Waals surface area (Å²) < 4.78 is 11.2. The van der Waals surface area contributed by atoms with Gasteiger partial charge in [0.2, 0.25) is 0 Å². The smallest absolute Gasteiger partial charge is 0.191 e. The largest absolute Gasteiger partial charge is 0.497 e. The minimum Gasteiger partial charge on any atom is -0.497 e. The molecule has 1 atom stereocenters. The molecule has 154 valence electrons. The van der Waals surface area contributed by atoms with Crippen LogP contribution in [-0.4, -0.2) is 63.8 Å². The number of nitrogens with one attached hydrogen (secondary N) is 2. The van der Waals surface area contributed by atoms with Gasteiger partial charge in [-0.3, -0.25) is 4.99 Å². The molecular weight excluding hydrogens is 455 g/mol. The first-order valence-electron chi connectivity index (χ1n) is 9.58. The molecule has 0 spiro atoms. The lowest BCUT2D eigenvalue weighted by atomic mass is 10.2. The molecule has 1 saturated carbocycles. The van der Waals surface area contributed by atoms with Crippen molar-refractivity contribution >= 4 is 29.9 Å². The number of benzene rings is 1. The van der Waals surface area contributed by atoms with Gasteiger partial charge in [-0.15, -0.1) is 24.0 Å². The summed E-state index contributed by atoms with van der Waals surface area (Å²) in [6, 6.07) is 8.41. The molecule has 1 aliphatic rings. The molecule has 2 N–H and O–H groups in total. The minimum atomic E-state index is 0. The first-order chi connectivity index (χ1) is 12.6. The van der Waals surface area contributed by atoms with E-state index >= 15 is 0 Å². The summed E-state index contributed by atoms with van der Waals surface area (Å²) >= 11 is 0. The first kappa shape index (κ1) is 23.8. The fraction of sp³-hybridized carbons (Fsp3) is 0.650. The van der Waals surface area contributed by atoms with Crippen molar-refractivity contribution < 1.29 is 9.47 Å². The van der Waals surface area contributed by atoms with Gasteiger partial charge in [-0.2, -0.15) is 0 Å². The van der Waals surface area contributed by atoms with E-state index in [9.17, 15) is 0 Å². The van der Waals surface area contributed by atoms with E-state index in [4.69, 9.17) is 9.47 Å². The SMILES string of the molecule is CN=C(NCCN(C)C1CCCC1)NCC(C)Oc1cccc(OC)c1.I. The van der Waals surface area contributed by atoms with Gasteiger partial charge >= 0.3 is 0 Å². The number of ether oxygens (including phenoxy) is 2. The molecule has 0 heterocycles. The molecule has 1 unspecified atom stereocenters. The van der Waals surface area contributed by atoms with Crippen LogP contribution in [0.3, 0.4) is 0 Å². The molecule has 0 aliphatic heterocycles. The van der Waals surface area contributed by atoms with Gasteiger partial charge in [0.1, 0.15) is 17.6 Å². The highest BCUT2D eigenvalue weighted by molar-refractivity contribution is 14.0. The predicted octanol–water partition coefficient (Wildman–Crippen LogP) is 3.12. The van der Waals surface area contributed by atoms with Gasteiger partial charge in [-0.1, -0.05) is 18.9 Å². The maximum atomic E-state index is 5.93. The van der Waals surface area contributed by atoms with Crippen LogP contribution >= 0.6 is 24.0 Å². The highest BCUT2D eigenvalue weighted by atomic mass is 127. The van der Waals surface area contributed by atoms with Gasteiger partial charge in [-0.05, 0) is 38.9 Å². The Morgan fingerprint density at radius 1 is 1.26 bits per heavy atom. The molecule has 0 amide bonds. The highest BCUT2D eigenvalue weighted by Gasteiger charge is 2.18. The third-order valence-electron chi connectivity index (χ3n) is 4.86. The Balaban J connectivity index is 0.00000364. The van der Waals surface area contributed by atoms with Crippen LogP contribution in [0.4, 0.5) is 0 Å². The second-order valence-electron chi connectivity index (χ2n) is 6.91. The Morgan fingerprint density at radius 3 is 2.63 bits per heavy atom. The zero-order chi connectivity index (χ0) is 18.8. The lowest BCUT2D eigenvalue weighted by molar-refractivity contribution is 0.222.